The van der Waals surface area contributed by atoms with Crippen molar-refractivity contribution >= 4 is 5.97 Å². The van der Waals surface area contributed by atoms with Crippen LogP contribution in [0.2, 0.25) is 0 Å². The number of hydrogen-bond donors (Lipinski definition) is 1. The minimum Gasteiger partial charge on any atom is -0.465 e. The Kier molecular flexibility index (Phi) is 3.98. The number of aliphatic hydroxyl groups is 1. The van der Waals surface area contributed by atoms with Crippen LogP contribution in [0.5, 0.6) is 0 Å². The lowest BCUT2D eigenvalue weighted by atomic mass is 9.56. The van der Waals surface area contributed by atoms with Crippen molar-refractivity contribution in [3.05, 3.63) is 0 Å². The molecule has 4 fully saturated rings. The Morgan fingerprint density at radius 1 is 1.00 bits per heavy atom. The quantitative estimate of drug-likeness (QED) is 0.780. The zero-order valence-electron chi connectivity index (χ0n) is 14.6. The molecule has 3 saturated carbocycles. The van der Waals surface area contributed by atoms with Crippen molar-refractivity contribution in [1.82, 2.24) is 0 Å². The van der Waals surface area contributed by atoms with Gasteiger partial charge < -0.3 is 9.84 Å². The molecule has 1 unspecified atom stereocenters. The third kappa shape index (κ3) is 2.54. The molecule has 0 aromatic rings. The fraction of sp³-hybridized carbons (Fsp3) is 0.950. The molecule has 1 N–H and O–H groups in total. The number of esters is 1. The van der Waals surface area contributed by atoms with E-state index in [0.717, 1.165) is 37.5 Å². The SMILES string of the molecule is C[C@]12CC[C@H](C3CCCCC3)C[C@@]1(O)CC[C@@H]2C1COC(=O)C1. The molecule has 4 aliphatic rings. The number of rotatable bonds is 2. The summed E-state index contributed by atoms with van der Waals surface area (Å²) >= 11 is 0. The third-order valence-corrected chi connectivity index (χ3v) is 8.16. The van der Waals surface area contributed by atoms with E-state index in [1.54, 1.807) is 0 Å². The molecule has 1 heterocycles. The Morgan fingerprint density at radius 2 is 1.78 bits per heavy atom. The van der Waals surface area contributed by atoms with E-state index in [1.807, 2.05) is 0 Å². The first-order chi connectivity index (χ1) is 11.0. The largest absolute Gasteiger partial charge is 0.465 e. The van der Waals surface area contributed by atoms with Crippen LogP contribution in [-0.4, -0.2) is 23.3 Å². The summed E-state index contributed by atoms with van der Waals surface area (Å²) in [4.78, 5) is 11.5. The molecule has 3 aliphatic carbocycles. The monoisotopic (exact) mass is 320 g/mol. The van der Waals surface area contributed by atoms with Gasteiger partial charge in [0.1, 0.15) is 0 Å². The standard InChI is InChI=1S/C20H32O3/c1-19-9-7-15(14-5-3-2-4-6-14)12-20(19,22)10-8-17(19)16-11-18(21)23-13-16/h14-17,22H,2-13H2,1H3/t15-,16?,17+,19+,20-/m0/s1. The fourth-order valence-electron chi connectivity index (χ4n) is 6.67. The summed E-state index contributed by atoms with van der Waals surface area (Å²) in [5.74, 6) is 2.35. The fourth-order valence-corrected chi connectivity index (χ4v) is 6.67. The molecule has 130 valence electrons. The number of cyclic esters (lactones) is 1. The number of hydrogen-bond acceptors (Lipinski definition) is 3. The van der Waals surface area contributed by atoms with Crippen molar-refractivity contribution in [2.24, 2.45) is 29.1 Å². The van der Waals surface area contributed by atoms with Gasteiger partial charge in [-0.3, -0.25) is 4.79 Å². The Morgan fingerprint density at radius 3 is 2.48 bits per heavy atom. The lowest BCUT2D eigenvalue weighted by Gasteiger charge is -2.52. The van der Waals surface area contributed by atoms with Crippen LogP contribution in [0.4, 0.5) is 0 Å². The van der Waals surface area contributed by atoms with Gasteiger partial charge in [-0.1, -0.05) is 39.0 Å². The smallest absolute Gasteiger partial charge is 0.306 e. The van der Waals surface area contributed by atoms with Crippen LogP contribution in [0.25, 0.3) is 0 Å². The molecule has 1 saturated heterocycles. The number of ether oxygens (including phenoxy) is 1. The van der Waals surface area contributed by atoms with Crippen molar-refractivity contribution in [3.63, 3.8) is 0 Å². The molecular formula is C20H32O3. The summed E-state index contributed by atoms with van der Waals surface area (Å²) in [6, 6.07) is 0. The van der Waals surface area contributed by atoms with E-state index in [1.165, 1.54) is 38.5 Å². The zero-order chi connectivity index (χ0) is 16.1. The molecule has 3 nitrogen and oxygen atoms in total. The molecule has 0 radical (unpaired) electrons. The molecule has 0 bridgehead atoms. The normalized spacial score (nSPS) is 48.3. The zero-order valence-corrected chi connectivity index (χ0v) is 14.6. The molecule has 4 rings (SSSR count). The lowest BCUT2D eigenvalue weighted by Crippen LogP contribution is -2.52. The van der Waals surface area contributed by atoms with Crippen LogP contribution in [0.1, 0.15) is 77.6 Å². The first-order valence-corrected chi connectivity index (χ1v) is 9.90. The summed E-state index contributed by atoms with van der Waals surface area (Å²) in [6.07, 6.45) is 13.0. The average Bonchev–Trinajstić information content (AvgIpc) is 3.08. The van der Waals surface area contributed by atoms with Crippen molar-refractivity contribution in [1.29, 1.82) is 0 Å². The predicted octanol–water partition coefficient (Wildman–Crippen LogP) is 4.08. The highest BCUT2D eigenvalue weighted by atomic mass is 16.5. The Bertz CT molecular complexity index is 470. The molecule has 0 spiro atoms. The Hall–Kier alpha value is -0.570. The maximum absolute atomic E-state index is 11.5. The summed E-state index contributed by atoms with van der Waals surface area (Å²) in [5.41, 5.74) is -0.500. The van der Waals surface area contributed by atoms with Gasteiger partial charge in [0, 0.05) is 5.92 Å². The van der Waals surface area contributed by atoms with Gasteiger partial charge in [0.2, 0.25) is 0 Å². The maximum Gasteiger partial charge on any atom is 0.306 e. The van der Waals surface area contributed by atoms with Crippen LogP contribution in [-0.2, 0) is 9.53 Å². The van der Waals surface area contributed by atoms with Crippen molar-refractivity contribution in [2.45, 2.75) is 83.2 Å². The molecule has 0 amide bonds. The van der Waals surface area contributed by atoms with E-state index in [4.69, 9.17) is 4.74 Å². The maximum atomic E-state index is 11.5. The van der Waals surface area contributed by atoms with Gasteiger partial charge in [-0.25, -0.2) is 0 Å². The van der Waals surface area contributed by atoms with Crippen LogP contribution in [0.3, 0.4) is 0 Å². The van der Waals surface area contributed by atoms with E-state index in [2.05, 4.69) is 6.92 Å². The molecular weight excluding hydrogens is 288 g/mol. The lowest BCUT2D eigenvalue weighted by molar-refractivity contribution is -0.137. The number of fused-ring (bicyclic) bond motifs is 1. The van der Waals surface area contributed by atoms with Crippen LogP contribution < -0.4 is 0 Å². The van der Waals surface area contributed by atoms with Crippen LogP contribution in [0.15, 0.2) is 0 Å². The van der Waals surface area contributed by atoms with Crippen molar-refractivity contribution < 1.29 is 14.6 Å². The van der Waals surface area contributed by atoms with Gasteiger partial charge in [-0.05, 0) is 55.3 Å². The molecule has 23 heavy (non-hydrogen) atoms. The molecule has 5 atom stereocenters. The van der Waals surface area contributed by atoms with E-state index >= 15 is 0 Å². The van der Waals surface area contributed by atoms with Gasteiger partial charge in [0.25, 0.3) is 0 Å². The van der Waals surface area contributed by atoms with Gasteiger partial charge in [0.05, 0.1) is 18.6 Å². The molecule has 3 heteroatoms. The molecule has 0 aromatic carbocycles. The summed E-state index contributed by atoms with van der Waals surface area (Å²) < 4.78 is 5.23. The highest BCUT2D eigenvalue weighted by molar-refractivity contribution is 5.71. The van der Waals surface area contributed by atoms with E-state index in [9.17, 15) is 9.90 Å². The van der Waals surface area contributed by atoms with Crippen LogP contribution >= 0.6 is 0 Å². The highest BCUT2D eigenvalue weighted by Gasteiger charge is 2.61. The second-order valence-electron chi connectivity index (χ2n) is 9.14. The first kappa shape index (κ1) is 15.9. The van der Waals surface area contributed by atoms with E-state index < -0.39 is 5.60 Å². The Balaban J connectivity index is 1.49. The van der Waals surface area contributed by atoms with Crippen molar-refractivity contribution in [2.75, 3.05) is 6.61 Å². The third-order valence-electron chi connectivity index (χ3n) is 8.16. The average molecular weight is 320 g/mol. The number of carbonyl (C=O) groups excluding carboxylic acids is 1. The topological polar surface area (TPSA) is 46.5 Å². The predicted molar refractivity (Wildman–Crippen MR) is 88.8 cm³/mol. The van der Waals surface area contributed by atoms with Gasteiger partial charge in [0.15, 0.2) is 0 Å². The van der Waals surface area contributed by atoms with E-state index in [-0.39, 0.29) is 11.4 Å². The summed E-state index contributed by atoms with van der Waals surface area (Å²) in [7, 11) is 0. The summed E-state index contributed by atoms with van der Waals surface area (Å²) in [6.45, 7) is 2.89. The van der Waals surface area contributed by atoms with Gasteiger partial charge in [-0.15, -0.1) is 0 Å². The summed E-state index contributed by atoms with van der Waals surface area (Å²) in [5, 5.41) is 11.5. The molecule has 1 aliphatic heterocycles. The minimum absolute atomic E-state index is 0.00316. The van der Waals surface area contributed by atoms with Crippen LogP contribution in [0, 0.1) is 29.1 Å². The van der Waals surface area contributed by atoms with Gasteiger partial charge >= 0.3 is 5.97 Å². The van der Waals surface area contributed by atoms with E-state index in [0.29, 0.717) is 24.9 Å². The Labute approximate surface area is 140 Å². The first-order valence-electron chi connectivity index (χ1n) is 9.90. The van der Waals surface area contributed by atoms with Gasteiger partial charge in [-0.2, -0.15) is 0 Å². The minimum atomic E-state index is -0.496. The molecule has 0 aromatic heterocycles. The second kappa shape index (κ2) is 5.75. The highest BCUT2D eigenvalue weighted by Crippen LogP contribution is 2.63. The van der Waals surface area contributed by atoms with Crippen molar-refractivity contribution in [3.8, 4) is 0 Å². The number of carbonyl (C=O) groups is 1. The second-order valence-corrected chi connectivity index (χ2v) is 9.14.